The summed E-state index contributed by atoms with van der Waals surface area (Å²) in [7, 11) is 0. The van der Waals surface area contributed by atoms with Crippen molar-refractivity contribution in [3.8, 4) is 5.75 Å². The quantitative estimate of drug-likeness (QED) is 0.606. The Kier molecular flexibility index (Phi) is 5.90. The van der Waals surface area contributed by atoms with E-state index in [1.807, 2.05) is 42.2 Å². The van der Waals surface area contributed by atoms with E-state index in [0.717, 1.165) is 12.0 Å². The summed E-state index contributed by atoms with van der Waals surface area (Å²) in [5.74, 6) is -0.847. The molecule has 1 aromatic heterocycles. The smallest absolute Gasteiger partial charge is 0.449 e. The third-order valence-corrected chi connectivity index (χ3v) is 5.50. The zero-order chi connectivity index (χ0) is 22.0. The Hall–Kier alpha value is -3.39. The van der Waals surface area contributed by atoms with Crippen molar-refractivity contribution < 1.29 is 19.0 Å². The minimum absolute atomic E-state index is 0.0641. The molecule has 7 nitrogen and oxygen atoms in total. The first-order valence-electron chi connectivity index (χ1n) is 10.3. The average Bonchev–Trinajstić information content (AvgIpc) is 2.77. The summed E-state index contributed by atoms with van der Waals surface area (Å²) in [4.78, 5) is 25.6. The van der Waals surface area contributed by atoms with Crippen LogP contribution in [0.3, 0.4) is 0 Å². The summed E-state index contributed by atoms with van der Waals surface area (Å²) >= 11 is 0. The number of aromatic nitrogens is 1. The molecule has 31 heavy (non-hydrogen) atoms. The fraction of sp³-hybridized carbons (Fsp3) is 0.304. The average molecular weight is 425 g/mol. The third-order valence-electron chi connectivity index (χ3n) is 5.50. The van der Waals surface area contributed by atoms with Gasteiger partial charge in [-0.25, -0.2) is 9.18 Å². The zero-order valence-electron chi connectivity index (χ0n) is 17.2. The van der Waals surface area contributed by atoms with Crippen molar-refractivity contribution in [2.75, 3.05) is 24.5 Å². The zero-order valence-corrected chi connectivity index (χ0v) is 17.2. The number of halogens is 1. The van der Waals surface area contributed by atoms with Crippen molar-refractivity contribution in [3.63, 3.8) is 0 Å². The lowest BCUT2D eigenvalue weighted by molar-refractivity contribution is 0.144. The van der Waals surface area contributed by atoms with Gasteiger partial charge >= 0.3 is 6.16 Å². The number of piperazine rings is 1. The lowest BCUT2D eigenvalue weighted by atomic mass is 10.0. The molecular weight excluding hydrogens is 401 g/mol. The molecule has 3 aromatic rings. The van der Waals surface area contributed by atoms with E-state index in [2.05, 4.69) is 10.1 Å². The molecule has 0 spiro atoms. The number of ether oxygens (including phenoxy) is 1. The molecule has 2 heterocycles. The Bertz CT molecular complexity index is 1160. The van der Waals surface area contributed by atoms with Gasteiger partial charge < -0.3 is 24.6 Å². The van der Waals surface area contributed by atoms with Gasteiger partial charge in [0.25, 0.3) is 0 Å². The number of hydrogen-bond acceptors (Lipinski definition) is 5. The molecule has 1 aliphatic heterocycles. The summed E-state index contributed by atoms with van der Waals surface area (Å²) in [5, 5.41) is 12.5. The standard InChI is InChI=1S/C23H24FN3O4/c1-2-9-26-14-21(31-23(29)30)22(28)16-11-17(24)20(12-19(16)26)27-10-8-25-18(13-27)15-6-4-3-5-7-15/h3-7,11-12,14,18,25H,2,8-10,13H2,1H3,(H,29,30). The molecule has 1 aliphatic rings. The molecule has 162 valence electrons. The molecule has 0 saturated carbocycles. The van der Waals surface area contributed by atoms with Gasteiger partial charge in [-0.05, 0) is 24.1 Å². The lowest BCUT2D eigenvalue weighted by Gasteiger charge is -2.36. The lowest BCUT2D eigenvalue weighted by Crippen LogP contribution is -2.46. The van der Waals surface area contributed by atoms with Crippen LogP contribution in [0.5, 0.6) is 5.75 Å². The summed E-state index contributed by atoms with van der Waals surface area (Å²) in [6, 6.07) is 12.9. The molecule has 0 radical (unpaired) electrons. The van der Waals surface area contributed by atoms with Gasteiger partial charge in [-0.15, -0.1) is 0 Å². The van der Waals surface area contributed by atoms with Crippen molar-refractivity contribution >= 4 is 22.7 Å². The van der Waals surface area contributed by atoms with Gasteiger partial charge in [0, 0.05) is 32.2 Å². The second-order valence-corrected chi connectivity index (χ2v) is 7.57. The predicted octanol–water partition coefficient (Wildman–Crippen LogP) is 3.76. The number of carboxylic acid groups (broad SMARTS) is 1. The number of anilines is 1. The highest BCUT2D eigenvalue weighted by Gasteiger charge is 2.24. The molecule has 0 aliphatic carbocycles. The van der Waals surface area contributed by atoms with Crippen LogP contribution in [-0.4, -0.2) is 35.5 Å². The van der Waals surface area contributed by atoms with Crippen LogP contribution < -0.4 is 20.4 Å². The van der Waals surface area contributed by atoms with Crippen LogP contribution in [0.4, 0.5) is 14.9 Å². The first-order valence-corrected chi connectivity index (χ1v) is 10.3. The number of pyridine rings is 1. The number of rotatable bonds is 5. The number of fused-ring (bicyclic) bond motifs is 1. The minimum Gasteiger partial charge on any atom is -0.449 e. The summed E-state index contributed by atoms with van der Waals surface area (Å²) in [5.41, 5.74) is 1.46. The van der Waals surface area contributed by atoms with Crippen LogP contribution in [0.25, 0.3) is 10.9 Å². The van der Waals surface area contributed by atoms with E-state index in [-0.39, 0.29) is 17.2 Å². The van der Waals surface area contributed by atoms with Crippen molar-refractivity contribution in [1.82, 2.24) is 9.88 Å². The van der Waals surface area contributed by atoms with Crippen LogP contribution in [-0.2, 0) is 6.54 Å². The van der Waals surface area contributed by atoms with Gasteiger partial charge in [-0.2, -0.15) is 0 Å². The molecule has 1 fully saturated rings. The maximum atomic E-state index is 15.2. The van der Waals surface area contributed by atoms with Crippen molar-refractivity contribution in [2.24, 2.45) is 0 Å². The molecular formula is C23H24FN3O4. The monoisotopic (exact) mass is 425 g/mol. The predicted molar refractivity (Wildman–Crippen MR) is 117 cm³/mol. The molecule has 1 saturated heterocycles. The Morgan fingerprint density at radius 2 is 2.06 bits per heavy atom. The summed E-state index contributed by atoms with van der Waals surface area (Å²) < 4.78 is 21.5. The van der Waals surface area contributed by atoms with Gasteiger partial charge in [0.05, 0.1) is 22.8 Å². The fourth-order valence-electron chi connectivity index (χ4n) is 4.09. The van der Waals surface area contributed by atoms with Crippen LogP contribution in [0.2, 0.25) is 0 Å². The van der Waals surface area contributed by atoms with Crippen LogP contribution in [0, 0.1) is 5.82 Å². The van der Waals surface area contributed by atoms with E-state index in [1.54, 1.807) is 10.6 Å². The Balaban J connectivity index is 1.76. The largest absolute Gasteiger partial charge is 0.511 e. The van der Waals surface area contributed by atoms with Crippen LogP contribution in [0.1, 0.15) is 24.9 Å². The van der Waals surface area contributed by atoms with Gasteiger partial charge in [0.15, 0.2) is 5.75 Å². The minimum atomic E-state index is -1.58. The molecule has 4 rings (SSSR count). The van der Waals surface area contributed by atoms with Crippen LogP contribution in [0.15, 0.2) is 53.5 Å². The van der Waals surface area contributed by atoms with Crippen molar-refractivity contribution in [1.29, 1.82) is 0 Å². The third kappa shape index (κ3) is 4.25. The van der Waals surface area contributed by atoms with Gasteiger partial charge in [0.2, 0.25) is 5.43 Å². The Morgan fingerprint density at radius 1 is 1.29 bits per heavy atom. The molecule has 2 aromatic carbocycles. The SMILES string of the molecule is CCCn1cc(OC(=O)O)c(=O)c2cc(F)c(N3CCNC(c4ccccc4)C3)cc21. The first-order chi connectivity index (χ1) is 15.0. The second-order valence-electron chi connectivity index (χ2n) is 7.57. The first kappa shape index (κ1) is 20.9. The van der Waals surface area contributed by atoms with E-state index in [0.29, 0.717) is 37.4 Å². The Morgan fingerprint density at radius 3 is 2.77 bits per heavy atom. The van der Waals surface area contributed by atoms with Crippen LogP contribution >= 0.6 is 0 Å². The molecule has 0 amide bonds. The summed E-state index contributed by atoms with van der Waals surface area (Å²) in [6.45, 7) is 4.41. The number of aryl methyl sites for hydroxylation is 1. The van der Waals surface area contributed by atoms with Crippen molar-refractivity contribution in [3.05, 3.63) is 70.3 Å². The maximum Gasteiger partial charge on any atom is 0.511 e. The normalized spacial score (nSPS) is 16.5. The van der Waals surface area contributed by atoms with E-state index < -0.39 is 17.4 Å². The highest BCUT2D eigenvalue weighted by atomic mass is 19.1. The number of benzene rings is 2. The van der Waals surface area contributed by atoms with Gasteiger partial charge in [0.1, 0.15) is 5.82 Å². The molecule has 1 atom stereocenters. The number of hydrogen-bond donors (Lipinski definition) is 2. The van der Waals surface area contributed by atoms with Gasteiger partial charge in [-0.3, -0.25) is 4.79 Å². The van der Waals surface area contributed by atoms with E-state index in [4.69, 9.17) is 5.11 Å². The number of carbonyl (C=O) groups is 1. The molecule has 0 bridgehead atoms. The van der Waals surface area contributed by atoms with E-state index in [9.17, 15) is 9.59 Å². The Labute approximate surface area is 178 Å². The highest BCUT2D eigenvalue weighted by molar-refractivity contribution is 5.85. The fourth-order valence-corrected chi connectivity index (χ4v) is 4.09. The second kappa shape index (κ2) is 8.77. The molecule has 1 unspecified atom stereocenters. The molecule has 2 N–H and O–H groups in total. The molecule has 8 heteroatoms. The number of nitrogens with zero attached hydrogens (tertiary/aromatic N) is 2. The summed E-state index contributed by atoms with van der Waals surface area (Å²) in [6.07, 6.45) is 0.555. The van der Waals surface area contributed by atoms with E-state index >= 15 is 4.39 Å². The van der Waals surface area contributed by atoms with Gasteiger partial charge in [-0.1, -0.05) is 37.3 Å². The van der Waals surface area contributed by atoms with Crippen molar-refractivity contribution in [2.45, 2.75) is 25.9 Å². The maximum absolute atomic E-state index is 15.2. The highest BCUT2D eigenvalue weighted by Crippen LogP contribution is 2.29. The number of nitrogens with one attached hydrogen (secondary N) is 1. The topological polar surface area (TPSA) is 83.8 Å². The van der Waals surface area contributed by atoms with E-state index in [1.165, 1.54) is 12.3 Å².